The quantitative estimate of drug-likeness (QED) is 0.0261. The molecule has 6 nitrogen and oxygen atoms in total. The van der Waals surface area contributed by atoms with Crippen LogP contribution in [0, 0.1) is 0 Å². The van der Waals surface area contributed by atoms with Crippen LogP contribution in [0.15, 0.2) is 60.8 Å². The molecule has 6 heteroatoms. The first-order valence-corrected chi connectivity index (χ1v) is 30.3. The minimum atomic E-state index is -0.768. The van der Waals surface area contributed by atoms with Gasteiger partial charge in [-0.1, -0.05) is 287 Å². The third kappa shape index (κ3) is 56.0. The Kier molecular flexibility index (Phi) is 56.3. The summed E-state index contributed by atoms with van der Waals surface area (Å²) >= 11 is 0. The summed E-state index contributed by atoms with van der Waals surface area (Å²) in [6.07, 6.45) is 73.7. The van der Waals surface area contributed by atoms with Gasteiger partial charge < -0.3 is 14.2 Å². The van der Waals surface area contributed by atoms with Gasteiger partial charge in [0.05, 0.1) is 0 Å². The predicted octanol–water partition coefficient (Wildman–Crippen LogP) is 20.4. The Hall–Kier alpha value is -2.89. The summed E-state index contributed by atoms with van der Waals surface area (Å²) in [7, 11) is 0. The Morgan fingerprint density at radius 1 is 0.300 bits per heavy atom. The first kappa shape index (κ1) is 67.1. The number of ether oxygens (including phenoxy) is 3. The number of rotatable bonds is 55. The molecule has 0 bridgehead atoms. The Labute approximate surface area is 434 Å². The lowest BCUT2D eigenvalue weighted by molar-refractivity contribution is -0.167. The van der Waals surface area contributed by atoms with Crippen molar-refractivity contribution in [3.05, 3.63) is 60.8 Å². The molecule has 0 spiro atoms. The maximum Gasteiger partial charge on any atom is 0.306 e. The molecule has 0 aliphatic rings. The van der Waals surface area contributed by atoms with Crippen molar-refractivity contribution in [2.24, 2.45) is 0 Å². The molecule has 70 heavy (non-hydrogen) atoms. The molecule has 0 rings (SSSR count). The van der Waals surface area contributed by atoms with Crippen molar-refractivity contribution in [1.29, 1.82) is 0 Å². The van der Waals surface area contributed by atoms with Gasteiger partial charge in [-0.05, 0) is 64.2 Å². The van der Waals surface area contributed by atoms with Crippen LogP contribution in [0.3, 0.4) is 0 Å². The van der Waals surface area contributed by atoms with Crippen LogP contribution in [0.1, 0.15) is 310 Å². The highest BCUT2D eigenvalue weighted by Crippen LogP contribution is 2.17. The average molecular weight is 980 g/mol. The van der Waals surface area contributed by atoms with E-state index in [4.69, 9.17) is 14.2 Å². The molecule has 1 atom stereocenters. The molecule has 0 aliphatic heterocycles. The molecule has 0 aliphatic carbocycles. The summed E-state index contributed by atoms with van der Waals surface area (Å²) < 4.78 is 16.9. The largest absolute Gasteiger partial charge is 0.462 e. The number of carbonyl (C=O) groups excluding carboxylic acids is 3. The van der Waals surface area contributed by atoms with Crippen molar-refractivity contribution in [3.63, 3.8) is 0 Å². The SMILES string of the molecule is CC/C=C\C/C=C\C/C=C\C/C=C\C/C=C\CCCCCCCCCCCCCCCC(=O)OCC(COC(=O)CCCCCCCCCCCCC)OC(=O)CCCCCCCCCCCCCC. The summed E-state index contributed by atoms with van der Waals surface area (Å²) in [5.41, 5.74) is 0. The van der Waals surface area contributed by atoms with E-state index in [2.05, 4.69) is 81.5 Å². The first-order chi connectivity index (χ1) is 34.5. The molecule has 1 unspecified atom stereocenters. The maximum atomic E-state index is 12.8. The number of hydrogen-bond acceptors (Lipinski definition) is 6. The van der Waals surface area contributed by atoms with E-state index in [1.54, 1.807) is 0 Å². The highest BCUT2D eigenvalue weighted by atomic mass is 16.6. The second-order valence-electron chi connectivity index (χ2n) is 20.2. The van der Waals surface area contributed by atoms with E-state index in [1.807, 2.05) is 0 Å². The van der Waals surface area contributed by atoms with E-state index in [-0.39, 0.29) is 31.1 Å². The lowest BCUT2D eigenvalue weighted by atomic mass is 10.0. The van der Waals surface area contributed by atoms with Crippen molar-refractivity contribution < 1.29 is 28.6 Å². The Morgan fingerprint density at radius 2 is 0.557 bits per heavy atom. The minimum Gasteiger partial charge on any atom is -0.462 e. The molecule has 0 aromatic carbocycles. The van der Waals surface area contributed by atoms with Crippen molar-refractivity contribution in [2.75, 3.05) is 13.2 Å². The van der Waals surface area contributed by atoms with Crippen LogP contribution in [-0.4, -0.2) is 37.2 Å². The molecule has 0 heterocycles. The normalized spacial score (nSPS) is 12.4. The number of unbranched alkanes of at least 4 members (excludes halogenated alkanes) is 34. The Balaban J connectivity index is 4.13. The van der Waals surface area contributed by atoms with Gasteiger partial charge in [0, 0.05) is 19.3 Å². The fraction of sp³-hybridized carbons (Fsp3) is 0.797. The number of carbonyl (C=O) groups is 3. The standard InChI is InChI=1S/C64H114O6/c1-4-7-10-13-16-19-22-24-25-26-27-28-29-30-31-32-33-34-35-36-37-38-39-40-43-45-48-51-54-57-63(66)69-60-61(59-68-62(65)56-53-50-47-44-41-21-18-15-12-9-6-3)70-64(67)58-55-52-49-46-42-23-20-17-14-11-8-5-2/h7,10,16,19,24-25,27-28,30-31,61H,4-6,8-9,11-15,17-18,20-23,26,29,32-60H2,1-3H3/b10-7-,19-16-,25-24-,28-27-,31-30-. The molecule has 0 amide bonds. The summed E-state index contributed by atoms with van der Waals surface area (Å²) in [5, 5.41) is 0. The number of hydrogen-bond donors (Lipinski definition) is 0. The molecule has 0 aromatic heterocycles. The smallest absolute Gasteiger partial charge is 0.306 e. The van der Waals surface area contributed by atoms with Gasteiger partial charge in [-0.15, -0.1) is 0 Å². The van der Waals surface area contributed by atoms with Crippen LogP contribution in [0.4, 0.5) is 0 Å². The van der Waals surface area contributed by atoms with Gasteiger partial charge in [0.15, 0.2) is 6.10 Å². The monoisotopic (exact) mass is 979 g/mol. The van der Waals surface area contributed by atoms with E-state index in [0.29, 0.717) is 19.3 Å². The fourth-order valence-electron chi connectivity index (χ4n) is 8.77. The summed E-state index contributed by atoms with van der Waals surface area (Å²) in [5.74, 6) is -0.856. The van der Waals surface area contributed by atoms with Crippen LogP contribution in [0.2, 0.25) is 0 Å². The zero-order valence-electron chi connectivity index (χ0n) is 46.5. The molecule has 0 aromatic rings. The first-order valence-electron chi connectivity index (χ1n) is 30.3. The van der Waals surface area contributed by atoms with Gasteiger partial charge in [-0.2, -0.15) is 0 Å². The van der Waals surface area contributed by atoms with Crippen LogP contribution >= 0.6 is 0 Å². The molecule has 0 radical (unpaired) electrons. The summed E-state index contributed by atoms with van der Waals surface area (Å²) in [6, 6.07) is 0. The number of allylic oxidation sites excluding steroid dienone is 10. The summed E-state index contributed by atoms with van der Waals surface area (Å²) in [6.45, 7) is 6.55. The highest BCUT2D eigenvalue weighted by Gasteiger charge is 2.19. The van der Waals surface area contributed by atoms with Crippen LogP contribution in [-0.2, 0) is 28.6 Å². The fourth-order valence-corrected chi connectivity index (χ4v) is 8.77. The zero-order valence-corrected chi connectivity index (χ0v) is 46.5. The van der Waals surface area contributed by atoms with Gasteiger partial charge in [0.1, 0.15) is 13.2 Å². The van der Waals surface area contributed by atoms with Crippen molar-refractivity contribution in [1.82, 2.24) is 0 Å². The zero-order chi connectivity index (χ0) is 50.7. The average Bonchev–Trinajstić information content (AvgIpc) is 3.36. The van der Waals surface area contributed by atoms with Crippen LogP contribution < -0.4 is 0 Å². The molecule has 0 saturated heterocycles. The lowest BCUT2D eigenvalue weighted by Gasteiger charge is -2.18. The Bertz CT molecular complexity index is 1260. The van der Waals surface area contributed by atoms with E-state index >= 15 is 0 Å². The van der Waals surface area contributed by atoms with Gasteiger partial charge in [-0.3, -0.25) is 14.4 Å². The molecule has 0 saturated carbocycles. The Morgan fingerprint density at radius 3 is 0.871 bits per heavy atom. The molecule has 0 N–H and O–H groups in total. The summed E-state index contributed by atoms with van der Waals surface area (Å²) in [4.78, 5) is 38.1. The number of esters is 3. The third-order valence-corrected chi connectivity index (χ3v) is 13.3. The van der Waals surface area contributed by atoms with E-state index in [1.165, 1.54) is 180 Å². The highest BCUT2D eigenvalue weighted by molar-refractivity contribution is 5.71. The third-order valence-electron chi connectivity index (χ3n) is 13.3. The molecule has 406 valence electrons. The van der Waals surface area contributed by atoms with E-state index < -0.39 is 6.10 Å². The van der Waals surface area contributed by atoms with Crippen LogP contribution in [0.25, 0.3) is 0 Å². The van der Waals surface area contributed by atoms with E-state index in [9.17, 15) is 14.4 Å². The lowest BCUT2D eigenvalue weighted by Crippen LogP contribution is -2.30. The van der Waals surface area contributed by atoms with Crippen molar-refractivity contribution >= 4 is 17.9 Å². The second kappa shape index (κ2) is 58.7. The molecule has 0 fully saturated rings. The van der Waals surface area contributed by atoms with Crippen LogP contribution in [0.5, 0.6) is 0 Å². The predicted molar refractivity (Wildman–Crippen MR) is 302 cm³/mol. The van der Waals surface area contributed by atoms with Gasteiger partial charge >= 0.3 is 17.9 Å². The van der Waals surface area contributed by atoms with Gasteiger partial charge in [0.25, 0.3) is 0 Å². The topological polar surface area (TPSA) is 78.9 Å². The molecular formula is C64H114O6. The second-order valence-corrected chi connectivity index (χ2v) is 20.2. The maximum absolute atomic E-state index is 12.8. The molecular weight excluding hydrogens is 865 g/mol. The van der Waals surface area contributed by atoms with Crippen molar-refractivity contribution in [2.45, 2.75) is 316 Å². The van der Waals surface area contributed by atoms with Crippen molar-refractivity contribution in [3.8, 4) is 0 Å². The van der Waals surface area contributed by atoms with Gasteiger partial charge in [-0.25, -0.2) is 0 Å². The minimum absolute atomic E-state index is 0.0687. The van der Waals surface area contributed by atoms with Gasteiger partial charge in [0.2, 0.25) is 0 Å². The van der Waals surface area contributed by atoms with E-state index in [0.717, 1.165) is 89.9 Å².